The lowest BCUT2D eigenvalue weighted by atomic mass is 9.57. The number of ketones is 2. The van der Waals surface area contributed by atoms with Gasteiger partial charge < -0.3 is 36.8 Å². The van der Waals surface area contributed by atoms with E-state index in [2.05, 4.69) is 10.6 Å². The lowest BCUT2D eigenvalue weighted by molar-refractivity contribution is -0.153. The van der Waals surface area contributed by atoms with Gasteiger partial charge >= 0.3 is 0 Å². The number of hydrogen-bond acceptors (Lipinski definition) is 10. The summed E-state index contributed by atoms with van der Waals surface area (Å²) in [5, 5.41) is 49.5. The highest BCUT2D eigenvalue weighted by atomic mass is 35.5. The molecule has 2 amide bonds. The van der Waals surface area contributed by atoms with Crippen LogP contribution in [0.15, 0.2) is 23.0 Å². The van der Waals surface area contributed by atoms with Gasteiger partial charge in [-0.05, 0) is 39.4 Å². The zero-order chi connectivity index (χ0) is 28.3. The number of carbonyl (C=O) groups is 4. The van der Waals surface area contributed by atoms with Crippen LogP contribution in [0.1, 0.15) is 24.5 Å². The summed E-state index contributed by atoms with van der Waals surface area (Å²) in [6.45, 7) is 2.12. The van der Waals surface area contributed by atoms with E-state index in [1.165, 1.54) is 19.0 Å². The fourth-order valence-corrected chi connectivity index (χ4v) is 5.79. The average Bonchev–Trinajstić information content (AvgIpc) is 2.82. The largest absolute Gasteiger partial charge is 0.508 e. The van der Waals surface area contributed by atoms with E-state index in [-0.39, 0.29) is 55.5 Å². The molecule has 4 rings (SSSR count). The van der Waals surface area contributed by atoms with Crippen molar-refractivity contribution in [3.05, 3.63) is 39.9 Å². The minimum atomic E-state index is -2.80. The number of primary amides is 1. The molecule has 0 saturated heterocycles. The summed E-state index contributed by atoms with van der Waals surface area (Å²) in [5.74, 6) is -9.80. The number of carbonyl (C=O) groups excluding carboxylic acids is 4. The third kappa shape index (κ3) is 4.81. The highest BCUT2D eigenvalue weighted by Gasteiger charge is 2.64. The lowest BCUT2D eigenvalue weighted by Gasteiger charge is -2.50. The molecule has 8 N–H and O–H groups in total. The topological polar surface area (TPSA) is 203 Å². The van der Waals surface area contributed by atoms with Gasteiger partial charge in [0.15, 0.2) is 17.1 Å². The number of nitrogens with two attached hydrogens (primary N) is 1. The minimum absolute atomic E-state index is 0. The van der Waals surface area contributed by atoms with Crippen molar-refractivity contribution < 1.29 is 44.0 Å². The summed E-state index contributed by atoms with van der Waals surface area (Å²) in [6, 6.07) is -0.336. The second kappa shape index (κ2) is 11.7. The van der Waals surface area contributed by atoms with Crippen LogP contribution in [0.4, 0.5) is 10.1 Å². The van der Waals surface area contributed by atoms with Gasteiger partial charge in [0, 0.05) is 23.1 Å². The van der Waals surface area contributed by atoms with E-state index in [9.17, 15) is 39.6 Å². The molecule has 220 valence electrons. The van der Waals surface area contributed by atoms with Crippen molar-refractivity contribution in [1.29, 1.82) is 0 Å². The van der Waals surface area contributed by atoms with E-state index < -0.39 is 86.7 Å². The Kier molecular flexibility index (Phi) is 9.65. The second-order valence-electron chi connectivity index (χ2n) is 9.90. The Hall–Kier alpha value is -3.23. The summed E-state index contributed by atoms with van der Waals surface area (Å²) in [5.41, 5.74) is 0.240. The first-order valence-electron chi connectivity index (χ1n) is 12.0. The van der Waals surface area contributed by atoms with E-state index in [0.29, 0.717) is 6.54 Å². The third-order valence-corrected chi connectivity index (χ3v) is 7.48. The van der Waals surface area contributed by atoms with Gasteiger partial charge in [0.1, 0.15) is 22.9 Å². The molecule has 0 heterocycles. The monoisotopic (exact) mass is 604 g/mol. The van der Waals surface area contributed by atoms with E-state index in [0.717, 1.165) is 6.07 Å². The fraction of sp³-hybridized carbons (Fsp3) is 0.440. The summed E-state index contributed by atoms with van der Waals surface area (Å²) in [6.07, 6.45) is -0.354. The van der Waals surface area contributed by atoms with Gasteiger partial charge in [0.2, 0.25) is 11.7 Å². The molecule has 0 radical (unpaired) electrons. The minimum Gasteiger partial charge on any atom is -0.508 e. The molecule has 40 heavy (non-hydrogen) atoms. The van der Waals surface area contributed by atoms with Crippen molar-refractivity contribution in [2.24, 2.45) is 17.6 Å². The number of phenolic OH excluding ortho intramolecular Hbond substituents is 1. The van der Waals surface area contributed by atoms with Crippen LogP contribution in [-0.2, 0) is 25.6 Å². The molecule has 0 aliphatic heterocycles. The number of nitrogens with zero attached hydrogens (tertiary/aromatic N) is 1. The molecule has 1 aromatic rings. The summed E-state index contributed by atoms with van der Waals surface area (Å²) in [4.78, 5) is 52.4. The normalized spacial score (nSPS) is 25.4. The van der Waals surface area contributed by atoms with Crippen molar-refractivity contribution >= 4 is 59.6 Å². The first kappa shape index (κ1) is 33.0. The molecule has 15 heteroatoms. The predicted molar refractivity (Wildman–Crippen MR) is 146 cm³/mol. The maximum atomic E-state index is 15.2. The zero-order valence-corrected chi connectivity index (χ0v) is 23.4. The van der Waals surface area contributed by atoms with Crippen molar-refractivity contribution in [3.63, 3.8) is 0 Å². The number of phenols is 1. The van der Waals surface area contributed by atoms with Gasteiger partial charge in [-0.1, -0.05) is 6.92 Å². The molecule has 0 bridgehead atoms. The number of likely N-dealkylation sites (N-methyl/N-ethyl adjacent to an activating group) is 2. The van der Waals surface area contributed by atoms with Crippen molar-refractivity contribution in [1.82, 2.24) is 10.2 Å². The second-order valence-corrected chi connectivity index (χ2v) is 9.90. The quantitative estimate of drug-likeness (QED) is 0.177. The van der Waals surface area contributed by atoms with E-state index >= 15 is 4.39 Å². The first-order chi connectivity index (χ1) is 17.8. The van der Waals surface area contributed by atoms with Crippen LogP contribution in [-0.4, -0.2) is 87.5 Å². The smallest absolute Gasteiger partial charge is 0.255 e. The number of amides is 2. The number of aliphatic hydroxyl groups is 3. The number of anilines is 1. The van der Waals surface area contributed by atoms with Crippen molar-refractivity contribution in [2.45, 2.75) is 31.4 Å². The van der Waals surface area contributed by atoms with Crippen LogP contribution in [0.3, 0.4) is 0 Å². The van der Waals surface area contributed by atoms with Gasteiger partial charge in [0.25, 0.3) is 5.91 Å². The first-order valence-corrected chi connectivity index (χ1v) is 12.0. The van der Waals surface area contributed by atoms with E-state index in [1.807, 2.05) is 0 Å². The Bertz CT molecular complexity index is 1350. The standard InChI is InChI=1S/C25H29FN4O8.2ClH/c1-4-28-8-14(31)29-13-7-12(26)10-5-9-6-11-18(30(2)3)21(34)17(24(27)37)23(36)25(11,38)22(35)15(9)20(33)16(10)19(13)32;;/h7,9,11,18,28,32-33,36,38H,4-6,8H2,1-3H3,(H2,27,37)(H,29,31);2*1H/t9-,11-,18-,25-;;/m0../s1. The number of aliphatic hydroxyl groups excluding tert-OH is 2. The third-order valence-electron chi connectivity index (χ3n) is 7.48. The average molecular weight is 605 g/mol. The van der Waals surface area contributed by atoms with Crippen LogP contribution in [0, 0.1) is 17.7 Å². The van der Waals surface area contributed by atoms with E-state index in [4.69, 9.17) is 5.73 Å². The molecule has 4 atom stereocenters. The van der Waals surface area contributed by atoms with Gasteiger partial charge in [-0.3, -0.25) is 24.1 Å². The molecule has 0 spiro atoms. The van der Waals surface area contributed by atoms with Crippen LogP contribution >= 0.6 is 24.8 Å². The van der Waals surface area contributed by atoms with Crippen LogP contribution < -0.4 is 16.4 Å². The van der Waals surface area contributed by atoms with Crippen LogP contribution in [0.5, 0.6) is 5.75 Å². The van der Waals surface area contributed by atoms with Crippen molar-refractivity contribution in [2.75, 3.05) is 32.5 Å². The molecule has 1 aromatic carbocycles. The lowest BCUT2D eigenvalue weighted by Crippen LogP contribution is -2.65. The Labute approximate surface area is 240 Å². The SMILES string of the molecule is CCNCC(=O)Nc1cc(F)c2c(c1O)C(O)=C1C(=O)[C@]3(O)C(O)=C(C(N)=O)C(=O)[C@@H](N(C)C)[C@@H]3C[C@@H]1C2.Cl.Cl. The molecular formula is C25H31Cl2FN4O8. The molecule has 1 saturated carbocycles. The fourth-order valence-electron chi connectivity index (χ4n) is 5.79. The number of aromatic hydroxyl groups is 1. The molecule has 0 aromatic heterocycles. The number of rotatable bonds is 6. The maximum absolute atomic E-state index is 15.2. The van der Waals surface area contributed by atoms with Crippen LogP contribution in [0.2, 0.25) is 0 Å². The molecule has 0 unspecified atom stereocenters. The number of halogens is 3. The summed E-state index contributed by atoms with van der Waals surface area (Å²) >= 11 is 0. The Morgan fingerprint density at radius 2 is 1.82 bits per heavy atom. The number of Topliss-reactive ketones (excluding diaryl/α,β-unsaturated/α-hetero) is 2. The predicted octanol–water partition coefficient (Wildman–Crippen LogP) is 0.495. The summed E-state index contributed by atoms with van der Waals surface area (Å²) in [7, 11) is 2.97. The molecule has 12 nitrogen and oxygen atoms in total. The Morgan fingerprint density at radius 1 is 1.20 bits per heavy atom. The molecule has 1 fully saturated rings. The highest BCUT2D eigenvalue weighted by Crippen LogP contribution is 2.53. The van der Waals surface area contributed by atoms with Crippen LogP contribution in [0.25, 0.3) is 5.76 Å². The van der Waals surface area contributed by atoms with Gasteiger partial charge in [-0.25, -0.2) is 4.39 Å². The van der Waals surface area contributed by atoms with Gasteiger partial charge in [-0.2, -0.15) is 0 Å². The Balaban J connectivity index is 0.00000280. The number of hydrogen-bond donors (Lipinski definition) is 7. The Morgan fingerprint density at radius 3 is 2.38 bits per heavy atom. The van der Waals surface area contributed by atoms with Gasteiger partial charge in [0.05, 0.1) is 23.8 Å². The maximum Gasteiger partial charge on any atom is 0.255 e. The molecule has 3 aliphatic carbocycles. The molecule has 3 aliphatic rings. The van der Waals surface area contributed by atoms with Crippen molar-refractivity contribution in [3.8, 4) is 5.75 Å². The van der Waals surface area contributed by atoms with E-state index in [1.54, 1.807) is 6.92 Å². The van der Waals surface area contributed by atoms with Gasteiger partial charge in [-0.15, -0.1) is 24.8 Å². The number of benzene rings is 1. The summed E-state index contributed by atoms with van der Waals surface area (Å²) < 4.78 is 15.2. The number of nitrogens with one attached hydrogen (secondary N) is 2. The number of fused-ring (bicyclic) bond motifs is 3. The molecular weight excluding hydrogens is 574 g/mol. The zero-order valence-electron chi connectivity index (χ0n) is 21.8. The highest BCUT2D eigenvalue weighted by molar-refractivity contribution is 6.24.